The molecule has 0 aliphatic rings. The maximum absolute atomic E-state index is 7.87. The van der Waals surface area contributed by atoms with Gasteiger partial charge < -0.3 is 9.79 Å². The number of benzene rings is 1. The summed E-state index contributed by atoms with van der Waals surface area (Å²) in [6.07, 6.45) is 2.60. The minimum absolute atomic E-state index is 0.981. The van der Waals surface area contributed by atoms with E-state index in [1.807, 2.05) is 0 Å². The summed E-state index contributed by atoms with van der Waals surface area (Å²) in [4.78, 5) is 15.7. The largest absolute Gasteiger partial charge is 0.338 e. The van der Waals surface area contributed by atoms with Crippen LogP contribution >= 0.6 is 17.9 Å². The molecule has 0 saturated carbocycles. The standard InChI is InChI=1S/C6H5.2C3H7.CH4N.H3O2PS2.Zn/c1-2-4-6-5-3-1;2*1-3-2;1-2;1-3(2,4)5;/h1-5H;2*1,3H2,2H3;1-2H2;(H3,1,2,4,5);. The van der Waals surface area contributed by atoms with Crippen LogP contribution in [0.25, 0.3) is 0 Å². The summed E-state index contributed by atoms with van der Waals surface area (Å²) in [6.45, 7) is 4.59. The Kier molecular flexibility index (Phi) is 10.8. The van der Waals surface area contributed by atoms with Gasteiger partial charge in [-0.2, -0.15) is 0 Å². The first kappa shape index (κ1) is 20.7. The van der Waals surface area contributed by atoms with E-state index in [0.29, 0.717) is 0 Å². The van der Waals surface area contributed by atoms with Crippen molar-refractivity contribution in [1.29, 1.82) is 0 Å². The Hall–Kier alpha value is 0.723. The molecule has 0 aliphatic heterocycles. The fraction of sp³-hybridized carbons (Fsp3) is 0.538. The molecule has 0 atom stereocenters. The Labute approximate surface area is 136 Å². The van der Waals surface area contributed by atoms with E-state index in [1.165, 1.54) is 22.9 Å². The summed E-state index contributed by atoms with van der Waals surface area (Å²) >= 11 is 4.80. The zero-order valence-corrected chi connectivity index (χ0v) is 18.0. The van der Waals surface area contributed by atoms with Crippen LogP contribution < -0.4 is 9.89 Å². The van der Waals surface area contributed by atoms with Crippen LogP contribution in [0, 0.1) is 0 Å². The Morgan fingerprint density at radius 1 is 1.15 bits per heavy atom. The Balaban J connectivity index is 0.000000621. The van der Waals surface area contributed by atoms with Gasteiger partial charge in [0.25, 0.3) is 0 Å². The molecule has 4 N–H and O–H groups in total. The first-order valence-corrected chi connectivity index (χ1v) is 19.0. The van der Waals surface area contributed by atoms with E-state index in [0.717, 1.165) is 5.14 Å². The molecular weight excluding hydrogens is 363 g/mol. The summed E-state index contributed by atoms with van der Waals surface area (Å²) < 4.78 is 1.63. The fourth-order valence-electron chi connectivity index (χ4n) is 3.37. The van der Waals surface area contributed by atoms with Crippen molar-refractivity contribution in [2.24, 2.45) is 5.73 Å². The van der Waals surface area contributed by atoms with E-state index in [2.05, 4.69) is 68.2 Å². The van der Waals surface area contributed by atoms with E-state index < -0.39 is 20.5 Å². The average molecular weight is 389 g/mol. The number of hydrogen-bond donors (Lipinski definition) is 4. The number of thiol groups is 1. The number of rotatable bonds is 6. The van der Waals surface area contributed by atoms with Crippen molar-refractivity contribution in [3.63, 3.8) is 0 Å². The molecule has 0 amide bonds. The minimum atomic E-state index is -3.11. The van der Waals surface area contributed by atoms with Crippen molar-refractivity contribution in [2.75, 3.05) is 5.14 Å². The molecule has 0 aromatic heterocycles. The van der Waals surface area contributed by atoms with E-state index >= 15 is 0 Å². The topological polar surface area (TPSA) is 66.5 Å². The maximum atomic E-state index is 7.87. The summed E-state index contributed by atoms with van der Waals surface area (Å²) in [5.41, 5.74) is 3.00. The first-order valence-electron chi connectivity index (χ1n) is 7.37. The summed E-state index contributed by atoms with van der Waals surface area (Å²) in [7, 11) is 0. The van der Waals surface area contributed by atoms with Gasteiger partial charge in [0, 0.05) is 0 Å². The molecule has 0 unspecified atom stereocenters. The fourth-order valence-corrected chi connectivity index (χ4v) is 16.1. The number of hydrogen-bond acceptors (Lipinski definition) is 2. The first-order chi connectivity index (χ1) is 9.29. The third kappa shape index (κ3) is 8.89. The van der Waals surface area contributed by atoms with Gasteiger partial charge in [0.05, 0.1) is 0 Å². The predicted molar refractivity (Wildman–Crippen MR) is 93.0 cm³/mol. The molecule has 0 bridgehead atoms. The van der Waals surface area contributed by atoms with E-state index in [4.69, 9.17) is 15.5 Å². The van der Waals surface area contributed by atoms with Gasteiger partial charge in [-0.25, -0.2) is 0 Å². The van der Waals surface area contributed by atoms with E-state index in [9.17, 15) is 0 Å². The molecule has 1 aromatic rings. The second-order valence-electron chi connectivity index (χ2n) is 5.81. The van der Waals surface area contributed by atoms with Crippen LogP contribution in [-0.4, -0.2) is 14.9 Å². The number of nitrogens with two attached hydrogens (primary N) is 1. The molecule has 0 saturated heterocycles. The molecule has 0 heterocycles. The van der Waals surface area contributed by atoms with Gasteiger partial charge in [0.1, 0.15) is 0 Å². The molecule has 3 nitrogen and oxygen atoms in total. The quantitative estimate of drug-likeness (QED) is 0.343. The zero-order chi connectivity index (χ0) is 15.6. The van der Waals surface area contributed by atoms with Gasteiger partial charge in [0.2, 0.25) is 5.69 Å². The normalized spacial score (nSPS) is 10.9. The smallest absolute Gasteiger partial charge is 0.239 e. The molecule has 7 heteroatoms. The second-order valence-corrected chi connectivity index (χ2v) is 24.3. The van der Waals surface area contributed by atoms with Gasteiger partial charge in [-0.05, 0) is 11.8 Å². The van der Waals surface area contributed by atoms with Crippen LogP contribution in [0.15, 0.2) is 30.3 Å². The van der Waals surface area contributed by atoms with Crippen LogP contribution in [0.5, 0.6) is 0 Å². The van der Waals surface area contributed by atoms with Gasteiger partial charge in [-0.3, -0.25) is 0 Å². The third-order valence-corrected chi connectivity index (χ3v) is 19.9. The molecule has 0 spiro atoms. The summed E-state index contributed by atoms with van der Waals surface area (Å²) in [6, 6.07) is 11.1. The van der Waals surface area contributed by atoms with Crippen LogP contribution in [0.2, 0.25) is 10.0 Å². The summed E-state index contributed by atoms with van der Waals surface area (Å²) in [5.74, 6) is 0. The molecule has 1 aromatic carbocycles. The molecule has 20 heavy (non-hydrogen) atoms. The summed E-state index contributed by atoms with van der Waals surface area (Å²) in [5, 5.41) is 3.81. The van der Waals surface area contributed by atoms with E-state index in [-0.39, 0.29) is 0 Å². The van der Waals surface area contributed by atoms with Crippen molar-refractivity contribution in [3.8, 4) is 0 Å². The molecule has 114 valence electrons. The monoisotopic (exact) mass is 387 g/mol. The minimum Gasteiger partial charge on any atom is -0.338 e. The Morgan fingerprint density at radius 2 is 1.55 bits per heavy atom. The van der Waals surface area contributed by atoms with Crippen LogP contribution in [0.3, 0.4) is 0 Å². The average Bonchev–Trinajstić information content (AvgIpc) is 2.37. The van der Waals surface area contributed by atoms with Crippen LogP contribution in [-0.2, 0) is 26.6 Å². The molecule has 0 radical (unpaired) electrons. The van der Waals surface area contributed by atoms with Crippen molar-refractivity contribution in [2.45, 2.75) is 36.7 Å². The SMILES string of the molecule is CC[CH2][Zn]([CH2]N)([CH2]CC)[c]1ccccc1.OP(O)(=S)S. The van der Waals surface area contributed by atoms with Crippen molar-refractivity contribution < 1.29 is 24.6 Å². The molecule has 0 fully saturated rings. The maximum Gasteiger partial charge on any atom is 0.239 e. The van der Waals surface area contributed by atoms with E-state index in [1.54, 1.807) is 4.16 Å². The third-order valence-electron chi connectivity index (χ3n) is 4.32. The molecule has 0 aliphatic carbocycles. The van der Waals surface area contributed by atoms with Gasteiger partial charge in [-0.1, -0.05) is 12.2 Å². The zero-order valence-electron chi connectivity index (χ0n) is 12.4. The van der Waals surface area contributed by atoms with Gasteiger partial charge in [0.15, 0.2) is 0 Å². The van der Waals surface area contributed by atoms with Gasteiger partial charge in [-0.15, -0.1) is 0 Å². The Morgan fingerprint density at radius 3 is 1.85 bits per heavy atom. The predicted octanol–water partition coefficient (Wildman–Crippen LogP) is 3.16. The van der Waals surface area contributed by atoms with Crippen LogP contribution in [0.4, 0.5) is 0 Å². The van der Waals surface area contributed by atoms with Crippen molar-refractivity contribution in [1.82, 2.24) is 0 Å². The molecule has 1 rings (SSSR count). The van der Waals surface area contributed by atoms with Gasteiger partial charge >= 0.3 is 96.9 Å². The molecular formula is C13H26NO2PS2Zn. The van der Waals surface area contributed by atoms with Crippen LogP contribution in [0.1, 0.15) is 26.7 Å². The Bertz CT molecular complexity index is 400. The van der Waals surface area contributed by atoms with Crippen molar-refractivity contribution in [3.05, 3.63) is 30.3 Å². The second kappa shape index (κ2) is 10.4. The van der Waals surface area contributed by atoms with Crippen molar-refractivity contribution >= 4 is 33.9 Å².